The Kier molecular flexibility index (Phi) is 11.3. The van der Waals surface area contributed by atoms with Crippen molar-refractivity contribution < 1.29 is 31.6 Å². The number of halogens is 3. The molecule has 2 aromatic rings. The first-order chi connectivity index (χ1) is 18.9. The van der Waals surface area contributed by atoms with E-state index in [1.54, 1.807) is 20.8 Å². The molecule has 1 aromatic heterocycles. The number of imidazole rings is 1. The Morgan fingerprint density at radius 1 is 1.20 bits per heavy atom. The molecule has 1 aliphatic carbocycles. The Labute approximate surface area is 245 Å². The molecule has 0 radical (unpaired) electrons. The van der Waals surface area contributed by atoms with Crippen molar-refractivity contribution in [1.82, 2.24) is 14.3 Å². The van der Waals surface area contributed by atoms with Crippen molar-refractivity contribution in [3.63, 3.8) is 0 Å². The topological polar surface area (TPSA) is 101 Å². The van der Waals surface area contributed by atoms with E-state index in [1.165, 1.54) is 6.92 Å². The van der Waals surface area contributed by atoms with Crippen LogP contribution in [0, 0.1) is 0 Å². The maximum absolute atomic E-state index is 13.4. The van der Waals surface area contributed by atoms with Gasteiger partial charge in [-0.15, -0.1) is 0 Å². The maximum Gasteiger partial charge on any atom is 0.414 e. The molecule has 1 aliphatic rings. The first kappa shape index (κ1) is 34.1. The molecule has 1 unspecified atom stereocenters. The van der Waals surface area contributed by atoms with Crippen LogP contribution in [-0.2, 0) is 31.9 Å². The molecular formula is C28H47F3N4O4SSi. The van der Waals surface area contributed by atoms with Crippen LogP contribution >= 0.6 is 0 Å². The van der Waals surface area contributed by atoms with E-state index in [9.17, 15) is 17.4 Å². The van der Waals surface area contributed by atoms with Crippen LogP contribution in [0.5, 0.6) is 0 Å². The zero-order valence-corrected chi connectivity index (χ0v) is 27.3. The second kappa shape index (κ2) is 13.5. The van der Waals surface area contributed by atoms with Crippen LogP contribution in [-0.4, -0.2) is 64.3 Å². The second-order valence-corrected chi connectivity index (χ2v) is 20.8. The average Bonchev–Trinajstić information content (AvgIpc) is 3.61. The summed E-state index contributed by atoms with van der Waals surface area (Å²) in [7, 11) is -2.97. The van der Waals surface area contributed by atoms with Crippen molar-refractivity contribution in [3.05, 3.63) is 29.6 Å². The molecule has 0 spiro atoms. The molecule has 1 heterocycles. The van der Waals surface area contributed by atoms with E-state index in [2.05, 4.69) is 24.4 Å². The minimum atomic E-state index is -4.55. The molecule has 3 N–H and O–H groups in total. The van der Waals surface area contributed by atoms with Crippen LogP contribution in [0.25, 0.3) is 11.0 Å². The molecule has 8 nitrogen and oxygen atoms in total. The molecule has 0 amide bonds. The molecule has 1 aromatic carbocycles. The van der Waals surface area contributed by atoms with Crippen LogP contribution in [0.4, 0.5) is 13.2 Å². The van der Waals surface area contributed by atoms with Gasteiger partial charge in [-0.2, -0.15) is 13.2 Å². The molecular weight excluding hydrogens is 573 g/mol. The van der Waals surface area contributed by atoms with Crippen molar-refractivity contribution in [2.45, 2.75) is 121 Å². The van der Waals surface area contributed by atoms with Crippen molar-refractivity contribution in [1.29, 1.82) is 0 Å². The fourth-order valence-electron chi connectivity index (χ4n) is 4.00. The van der Waals surface area contributed by atoms with Crippen LogP contribution in [0.15, 0.2) is 18.2 Å². The van der Waals surface area contributed by atoms with Gasteiger partial charge in [-0.25, -0.2) is 13.9 Å². The Morgan fingerprint density at radius 2 is 1.85 bits per heavy atom. The lowest BCUT2D eigenvalue weighted by Crippen LogP contribution is -2.43. The monoisotopic (exact) mass is 620 g/mol. The quantitative estimate of drug-likeness (QED) is 0.188. The summed E-state index contributed by atoms with van der Waals surface area (Å²) in [5, 5.41) is 0. The van der Waals surface area contributed by atoms with E-state index in [0.29, 0.717) is 24.6 Å². The number of rotatable bonds is 15. The number of hydrogen-bond acceptors (Lipinski definition) is 6. The van der Waals surface area contributed by atoms with E-state index in [-0.39, 0.29) is 18.9 Å². The summed E-state index contributed by atoms with van der Waals surface area (Å²) in [6, 6.07) is 5.35. The van der Waals surface area contributed by atoms with Crippen LogP contribution in [0.2, 0.25) is 25.7 Å². The van der Waals surface area contributed by atoms with Gasteiger partial charge < -0.3 is 24.5 Å². The highest BCUT2D eigenvalue weighted by Gasteiger charge is 2.40. The average molecular weight is 621 g/mol. The van der Waals surface area contributed by atoms with Crippen molar-refractivity contribution in [2.24, 2.45) is 5.73 Å². The number of ether oxygens (including phenoxy) is 3. The number of fused-ring (bicyclic) bond motifs is 1. The van der Waals surface area contributed by atoms with Crippen LogP contribution in [0.1, 0.15) is 70.9 Å². The van der Waals surface area contributed by atoms with Crippen molar-refractivity contribution in [3.8, 4) is 0 Å². The maximum atomic E-state index is 13.4. The first-order valence-electron chi connectivity index (χ1n) is 14.2. The largest absolute Gasteiger partial charge is 0.414 e. The number of nitrogens with zero attached hydrogens (tertiary/aromatic N) is 2. The normalized spacial score (nSPS) is 18.8. The van der Waals surface area contributed by atoms with Gasteiger partial charge >= 0.3 is 6.18 Å². The Hall–Kier alpha value is -1.35. The molecule has 3 rings (SSSR count). The molecule has 1 saturated carbocycles. The van der Waals surface area contributed by atoms with Gasteiger partial charge in [0.05, 0.1) is 51.6 Å². The Balaban J connectivity index is 2.02. The van der Waals surface area contributed by atoms with Crippen molar-refractivity contribution in [2.75, 3.05) is 13.2 Å². The molecule has 41 heavy (non-hydrogen) atoms. The first-order valence-corrected chi connectivity index (χ1v) is 19.1. The summed E-state index contributed by atoms with van der Waals surface area (Å²) in [6.45, 7) is 15.7. The molecule has 0 aliphatic heterocycles. The third kappa shape index (κ3) is 10.1. The number of hydrogen-bond donors (Lipinski definition) is 2. The highest BCUT2D eigenvalue weighted by atomic mass is 32.2. The SMILES string of the molecule is C[C@@H](O[C@H](C)C(F)(F)F)[C@H](NS(=O)C(C)(C)C)c1nc2cc([C@H](N)COC3CC3)ccc2n1COCC[Si](C)(C)C. The number of nitrogens with two attached hydrogens (primary N) is 1. The molecule has 5 atom stereocenters. The molecule has 1 fully saturated rings. The van der Waals surface area contributed by atoms with Gasteiger partial charge in [-0.1, -0.05) is 25.7 Å². The van der Waals surface area contributed by atoms with Gasteiger partial charge in [0.1, 0.15) is 18.6 Å². The highest BCUT2D eigenvalue weighted by Crippen LogP contribution is 2.31. The highest BCUT2D eigenvalue weighted by molar-refractivity contribution is 7.84. The predicted molar refractivity (Wildman–Crippen MR) is 160 cm³/mol. The lowest BCUT2D eigenvalue weighted by molar-refractivity contribution is -0.227. The standard InChI is InChI=1S/C28H47F3N4O4SSi/c1-18(39-19(2)28(29,30)31)25(34-40(36)27(3,4)5)26-33-23-15-20(22(32)16-38-21-10-11-21)9-12-24(23)35(26)17-37-13-14-41(6,7)8/h9,12,15,18-19,21-22,25,34H,10-11,13-14,16-17,32H2,1-8H3/t18-,19-,22-,25+,40?/m1/s1. The van der Waals surface area contributed by atoms with Gasteiger partial charge in [0, 0.05) is 14.7 Å². The number of aromatic nitrogens is 2. The molecule has 13 heteroatoms. The van der Waals surface area contributed by atoms with Gasteiger partial charge in [0.2, 0.25) is 0 Å². The summed E-state index contributed by atoms with van der Waals surface area (Å²) in [4.78, 5) is 4.85. The summed E-state index contributed by atoms with van der Waals surface area (Å²) in [5.41, 5.74) is 8.59. The number of alkyl halides is 3. The van der Waals surface area contributed by atoms with E-state index in [4.69, 9.17) is 24.9 Å². The fourth-order valence-corrected chi connectivity index (χ4v) is 5.64. The van der Waals surface area contributed by atoms with Gasteiger partial charge in [0.25, 0.3) is 0 Å². The van der Waals surface area contributed by atoms with Crippen LogP contribution in [0.3, 0.4) is 0 Å². The van der Waals surface area contributed by atoms with Crippen molar-refractivity contribution >= 4 is 30.1 Å². The van der Waals surface area contributed by atoms with Gasteiger partial charge in [-0.05, 0) is 71.2 Å². The summed E-state index contributed by atoms with van der Waals surface area (Å²) in [5.74, 6) is 0.382. The Bertz CT molecular complexity index is 1180. The minimum Gasteiger partial charge on any atom is -0.376 e. The summed E-state index contributed by atoms with van der Waals surface area (Å²) < 4.78 is 75.1. The zero-order valence-electron chi connectivity index (χ0n) is 25.5. The van der Waals surface area contributed by atoms with E-state index >= 15 is 0 Å². The minimum absolute atomic E-state index is 0.133. The number of benzene rings is 1. The Morgan fingerprint density at radius 3 is 2.41 bits per heavy atom. The third-order valence-electron chi connectivity index (χ3n) is 6.90. The van der Waals surface area contributed by atoms with Gasteiger partial charge in [-0.3, -0.25) is 0 Å². The zero-order chi connectivity index (χ0) is 30.8. The molecule has 0 bridgehead atoms. The van der Waals surface area contributed by atoms with Gasteiger partial charge in [0.15, 0.2) is 6.10 Å². The van der Waals surface area contributed by atoms with Crippen LogP contribution < -0.4 is 10.5 Å². The van der Waals surface area contributed by atoms with E-state index < -0.39 is 48.2 Å². The number of nitrogens with one attached hydrogen (secondary N) is 1. The second-order valence-electron chi connectivity index (χ2n) is 13.1. The van der Waals surface area contributed by atoms with E-state index in [0.717, 1.165) is 36.9 Å². The lowest BCUT2D eigenvalue weighted by atomic mass is 10.1. The smallest absolute Gasteiger partial charge is 0.376 e. The van der Waals surface area contributed by atoms with E-state index in [1.807, 2.05) is 22.8 Å². The molecule has 234 valence electrons. The summed E-state index contributed by atoms with van der Waals surface area (Å²) in [6.07, 6.45) is -5.21. The lowest BCUT2D eigenvalue weighted by Gasteiger charge is -2.30. The third-order valence-corrected chi connectivity index (χ3v) is 10.2. The summed E-state index contributed by atoms with van der Waals surface area (Å²) >= 11 is 0. The predicted octanol–water partition coefficient (Wildman–Crippen LogP) is 5.98. The molecule has 0 saturated heterocycles. The fraction of sp³-hybridized carbons (Fsp3) is 0.750.